The Morgan fingerprint density at radius 2 is 1.44 bits per heavy atom. The van der Waals surface area contributed by atoms with Gasteiger partial charge in [-0.25, -0.2) is 0 Å². The fourth-order valence-corrected chi connectivity index (χ4v) is 4.87. The summed E-state index contributed by atoms with van der Waals surface area (Å²) in [6.45, 7) is 0.899. The maximum Gasteiger partial charge on any atom is 0.229 e. The van der Waals surface area contributed by atoms with Gasteiger partial charge in [0.05, 0.1) is 19.8 Å². The number of aliphatic hydroxyl groups is 6. The SMILES string of the molecule is COc1ccc(-c2cc(=O)c3c(O)c(O)c(O[C@@H]4OC(CO[C@@H]5OC(C)[C@H](O)C(O)[C@@H]5O)[C@@H](O)[C@H](O)C4O)cc3o2)cc1. The monoisotopic (exact) mass is 608 g/mol. The van der Waals surface area contributed by atoms with Crippen LogP contribution < -0.4 is 14.9 Å². The van der Waals surface area contributed by atoms with Crippen molar-refractivity contribution < 1.29 is 69.0 Å². The van der Waals surface area contributed by atoms with E-state index in [1.165, 1.54) is 14.0 Å². The van der Waals surface area contributed by atoms with Crippen molar-refractivity contribution in [3.05, 3.63) is 46.6 Å². The third kappa shape index (κ3) is 5.86. The number of phenols is 2. The Labute approximate surface area is 243 Å². The van der Waals surface area contributed by atoms with Crippen LogP contribution in [0.2, 0.25) is 0 Å². The summed E-state index contributed by atoms with van der Waals surface area (Å²) in [5.41, 5.74) is -0.354. The highest BCUT2D eigenvalue weighted by Crippen LogP contribution is 2.42. The number of aliphatic hydroxyl groups excluding tert-OH is 6. The first-order valence-corrected chi connectivity index (χ1v) is 13.3. The summed E-state index contributed by atoms with van der Waals surface area (Å²) in [7, 11) is 1.50. The highest BCUT2D eigenvalue weighted by atomic mass is 16.7. The molecule has 0 bridgehead atoms. The molecule has 10 atom stereocenters. The van der Waals surface area contributed by atoms with E-state index in [4.69, 9.17) is 28.1 Å². The fraction of sp³-hybridized carbons (Fsp3) is 0.464. The van der Waals surface area contributed by atoms with Gasteiger partial charge in [0, 0.05) is 17.7 Å². The number of rotatable bonds is 7. The van der Waals surface area contributed by atoms with E-state index >= 15 is 0 Å². The molecule has 43 heavy (non-hydrogen) atoms. The Morgan fingerprint density at radius 3 is 2.12 bits per heavy atom. The van der Waals surface area contributed by atoms with Crippen LogP contribution in [0.4, 0.5) is 0 Å². The minimum absolute atomic E-state index is 0.125. The molecule has 15 heteroatoms. The van der Waals surface area contributed by atoms with E-state index < -0.39 is 90.7 Å². The summed E-state index contributed by atoms with van der Waals surface area (Å²) in [6, 6.07) is 8.80. The summed E-state index contributed by atoms with van der Waals surface area (Å²) in [5, 5.41) is 82.4. The van der Waals surface area contributed by atoms with Crippen LogP contribution in [-0.4, -0.2) is 116 Å². The van der Waals surface area contributed by atoms with Gasteiger partial charge in [0.15, 0.2) is 23.2 Å². The van der Waals surface area contributed by atoms with Gasteiger partial charge >= 0.3 is 0 Å². The minimum atomic E-state index is -1.87. The van der Waals surface area contributed by atoms with Crippen molar-refractivity contribution in [2.75, 3.05) is 13.7 Å². The van der Waals surface area contributed by atoms with Crippen LogP contribution in [0.15, 0.2) is 45.6 Å². The standard InChI is InChI=1S/C28H32O15/c1-10-19(30)23(34)25(36)27(40-10)39-9-17-21(32)24(35)26(37)28(43-17)42-16-8-15-18(22(33)20(16)31)13(29)7-14(41-15)11-3-5-12(38-2)6-4-11/h3-8,10,17,19,21,23-28,30-37H,9H2,1-2H3/t10?,17?,19-,21+,23?,24-,25-,26?,27+,28+/m0/s1. The number of ether oxygens (including phenoxy) is 5. The minimum Gasteiger partial charge on any atom is -0.504 e. The second kappa shape index (κ2) is 12.2. The van der Waals surface area contributed by atoms with Gasteiger partial charge in [0.25, 0.3) is 0 Å². The summed E-state index contributed by atoms with van der Waals surface area (Å²) in [5.74, 6) is -1.56. The molecule has 0 spiro atoms. The zero-order valence-electron chi connectivity index (χ0n) is 22.9. The largest absolute Gasteiger partial charge is 0.504 e. The van der Waals surface area contributed by atoms with Crippen LogP contribution in [0.25, 0.3) is 22.3 Å². The summed E-state index contributed by atoms with van der Waals surface area (Å²) in [6.07, 6.45) is -15.5. The lowest BCUT2D eigenvalue weighted by molar-refractivity contribution is -0.318. The molecule has 0 radical (unpaired) electrons. The Balaban J connectivity index is 1.38. The molecule has 234 valence electrons. The highest BCUT2D eigenvalue weighted by Gasteiger charge is 2.47. The lowest BCUT2D eigenvalue weighted by Gasteiger charge is -2.42. The van der Waals surface area contributed by atoms with Crippen LogP contribution in [-0.2, 0) is 14.2 Å². The molecular weight excluding hydrogens is 576 g/mol. The molecule has 4 unspecified atom stereocenters. The zero-order chi connectivity index (χ0) is 31.2. The van der Waals surface area contributed by atoms with Crippen molar-refractivity contribution in [1.29, 1.82) is 0 Å². The van der Waals surface area contributed by atoms with Crippen LogP contribution in [0, 0.1) is 0 Å². The highest BCUT2D eigenvalue weighted by molar-refractivity contribution is 5.89. The van der Waals surface area contributed by atoms with Crippen molar-refractivity contribution in [3.8, 4) is 34.3 Å². The molecule has 3 aromatic rings. The molecule has 2 aliphatic heterocycles. The Bertz CT molecular complexity index is 1490. The van der Waals surface area contributed by atoms with Gasteiger partial charge < -0.3 is 69.0 Å². The molecule has 0 saturated carbocycles. The summed E-state index contributed by atoms with van der Waals surface area (Å²) < 4.78 is 32.9. The van der Waals surface area contributed by atoms with Gasteiger partial charge in [-0.15, -0.1) is 0 Å². The number of benzene rings is 2. The van der Waals surface area contributed by atoms with Crippen molar-refractivity contribution >= 4 is 11.0 Å². The molecule has 15 nitrogen and oxygen atoms in total. The van der Waals surface area contributed by atoms with Gasteiger partial charge in [-0.2, -0.15) is 0 Å². The third-order valence-corrected chi connectivity index (χ3v) is 7.45. The van der Waals surface area contributed by atoms with Crippen LogP contribution >= 0.6 is 0 Å². The maximum atomic E-state index is 12.8. The molecule has 0 aliphatic carbocycles. The van der Waals surface area contributed by atoms with Gasteiger partial charge in [0.1, 0.15) is 65.2 Å². The van der Waals surface area contributed by atoms with Crippen LogP contribution in [0.5, 0.6) is 23.0 Å². The first-order chi connectivity index (χ1) is 20.4. The number of hydrogen-bond donors (Lipinski definition) is 8. The Hall–Kier alpha value is -3.51. The number of hydrogen-bond acceptors (Lipinski definition) is 15. The molecule has 0 amide bonds. The molecule has 1 aromatic heterocycles. The zero-order valence-corrected chi connectivity index (χ0v) is 22.9. The lowest BCUT2D eigenvalue weighted by atomic mass is 9.98. The first kappa shape index (κ1) is 30.9. The average Bonchev–Trinajstić information content (AvgIpc) is 3.00. The Morgan fingerprint density at radius 1 is 0.791 bits per heavy atom. The van der Waals surface area contributed by atoms with E-state index in [0.29, 0.717) is 11.3 Å². The number of methoxy groups -OCH3 is 1. The lowest BCUT2D eigenvalue weighted by Crippen LogP contribution is -2.61. The molecular formula is C28H32O15. The van der Waals surface area contributed by atoms with Crippen LogP contribution in [0.1, 0.15) is 6.92 Å². The molecule has 5 rings (SSSR count). The second-order valence-electron chi connectivity index (χ2n) is 10.3. The predicted octanol–water partition coefficient (Wildman–Crippen LogP) is -1.09. The summed E-state index contributed by atoms with van der Waals surface area (Å²) in [4.78, 5) is 12.8. The van der Waals surface area contributed by atoms with E-state index in [-0.39, 0.29) is 16.7 Å². The maximum absolute atomic E-state index is 12.8. The molecule has 2 aromatic carbocycles. The fourth-order valence-electron chi connectivity index (χ4n) is 4.87. The van der Waals surface area contributed by atoms with E-state index in [9.17, 15) is 45.6 Å². The quantitative estimate of drug-likeness (QED) is 0.149. The van der Waals surface area contributed by atoms with E-state index in [1.807, 2.05) is 0 Å². The normalized spacial score (nSPS) is 32.9. The first-order valence-electron chi connectivity index (χ1n) is 13.3. The number of fused-ring (bicyclic) bond motifs is 1. The molecule has 8 N–H and O–H groups in total. The van der Waals surface area contributed by atoms with Crippen molar-refractivity contribution in [2.24, 2.45) is 0 Å². The molecule has 2 fully saturated rings. The van der Waals surface area contributed by atoms with Crippen molar-refractivity contribution in [3.63, 3.8) is 0 Å². The molecule has 3 heterocycles. The van der Waals surface area contributed by atoms with Crippen LogP contribution in [0.3, 0.4) is 0 Å². The second-order valence-corrected chi connectivity index (χ2v) is 10.3. The van der Waals surface area contributed by atoms with Crippen molar-refractivity contribution in [2.45, 2.75) is 68.3 Å². The van der Waals surface area contributed by atoms with Crippen molar-refractivity contribution in [1.82, 2.24) is 0 Å². The molecule has 2 aliphatic rings. The van der Waals surface area contributed by atoms with E-state index in [0.717, 1.165) is 12.1 Å². The number of phenolic OH excluding ortho intramolecular Hbond substituents is 2. The van der Waals surface area contributed by atoms with Gasteiger partial charge in [0.2, 0.25) is 12.0 Å². The smallest absolute Gasteiger partial charge is 0.229 e. The third-order valence-electron chi connectivity index (χ3n) is 7.45. The number of aromatic hydroxyl groups is 2. The topological polar surface area (TPSA) is 238 Å². The van der Waals surface area contributed by atoms with E-state index in [2.05, 4.69) is 0 Å². The molecule has 2 saturated heterocycles. The van der Waals surface area contributed by atoms with Gasteiger partial charge in [-0.05, 0) is 31.2 Å². The van der Waals surface area contributed by atoms with Gasteiger partial charge in [-0.3, -0.25) is 4.79 Å². The summed E-state index contributed by atoms with van der Waals surface area (Å²) >= 11 is 0. The van der Waals surface area contributed by atoms with Gasteiger partial charge in [-0.1, -0.05) is 0 Å². The Kier molecular flexibility index (Phi) is 8.80. The average molecular weight is 609 g/mol. The predicted molar refractivity (Wildman–Crippen MR) is 143 cm³/mol. The van der Waals surface area contributed by atoms with E-state index in [1.54, 1.807) is 24.3 Å².